The average molecular weight is 597 g/mol. The average Bonchev–Trinajstić information content (AvgIpc) is 3.04. The third kappa shape index (κ3) is 8.12. The van der Waals surface area contributed by atoms with Crippen LogP contribution in [0.4, 0.5) is 5.69 Å². The van der Waals surface area contributed by atoms with Crippen molar-refractivity contribution in [2.75, 3.05) is 26.6 Å². The Balaban J connectivity index is 1.58. The molecule has 0 aliphatic rings. The van der Waals surface area contributed by atoms with Gasteiger partial charge in [0, 0.05) is 33.5 Å². The first-order valence-corrected chi connectivity index (χ1v) is 13.5. The Hall–Kier alpha value is -5.34. The van der Waals surface area contributed by atoms with Crippen molar-refractivity contribution in [2.45, 2.75) is 0 Å². The van der Waals surface area contributed by atoms with E-state index < -0.39 is 11.8 Å². The van der Waals surface area contributed by atoms with Gasteiger partial charge in [-0.25, -0.2) is 0 Å². The van der Waals surface area contributed by atoms with E-state index in [9.17, 15) is 14.4 Å². The smallest absolute Gasteiger partial charge is 0.272 e. The number of allylic oxidation sites excluding steroid dienone is 1. The first kappa shape index (κ1) is 30.6. The SMILES string of the molecule is COc1cc(OC)c(OC)cc1/C=C(\NC(=O)c1ccccc1)C(=O)Nc1ccc(C(=O)/C=C/c2ccc(Cl)cc2)cc1. The lowest BCUT2D eigenvalue weighted by Crippen LogP contribution is -2.30. The van der Waals surface area contributed by atoms with E-state index >= 15 is 0 Å². The molecule has 9 heteroatoms. The lowest BCUT2D eigenvalue weighted by Gasteiger charge is -2.15. The van der Waals surface area contributed by atoms with Crippen LogP contribution < -0.4 is 24.8 Å². The van der Waals surface area contributed by atoms with Crippen molar-refractivity contribution < 1.29 is 28.6 Å². The molecule has 0 heterocycles. The first-order chi connectivity index (χ1) is 20.8. The maximum absolute atomic E-state index is 13.5. The molecule has 0 atom stereocenters. The van der Waals surface area contributed by atoms with Crippen LogP contribution in [-0.4, -0.2) is 38.9 Å². The van der Waals surface area contributed by atoms with Crippen molar-refractivity contribution in [3.63, 3.8) is 0 Å². The van der Waals surface area contributed by atoms with Crippen molar-refractivity contribution >= 4 is 47.0 Å². The summed E-state index contributed by atoms with van der Waals surface area (Å²) in [4.78, 5) is 39.2. The number of halogens is 1. The summed E-state index contributed by atoms with van der Waals surface area (Å²) in [6.45, 7) is 0. The minimum atomic E-state index is -0.595. The Labute approximate surface area is 254 Å². The number of amides is 2. The number of anilines is 1. The lowest BCUT2D eigenvalue weighted by molar-refractivity contribution is -0.113. The van der Waals surface area contributed by atoms with Crippen LogP contribution in [-0.2, 0) is 4.79 Å². The van der Waals surface area contributed by atoms with Crippen molar-refractivity contribution in [3.8, 4) is 17.2 Å². The van der Waals surface area contributed by atoms with E-state index in [2.05, 4.69) is 10.6 Å². The Morgan fingerprint density at radius 1 is 0.721 bits per heavy atom. The van der Waals surface area contributed by atoms with Crippen LogP contribution in [0, 0.1) is 0 Å². The van der Waals surface area contributed by atoms with Gasteiger partial charge in [-0.2, -0.15) is 0 Å². The van der Waals surface area contributed by atoms with Crippen LogP contribution in [0.3, 0.4) is 0 Å². The van der Waals surface area contributed by atoms with E-state index in [-0.39, 0.29) is 11.5 Å². The van der Waals surface area contributed by atoms with Crippen LogP contribution in [0.2, 0.25) is 5.02 Å². The molecular formula is C34H29ClN2O6. The number of methoxy groups -OCH3 is 3. The van der Waals surface area contributed by atoms with Crippen molar-refractivity contribution in [1.29, 1.82) is 0 Å². The number of hydrogen-bond acceptors (Lipinski definition) is 6. The van der Waals surface area contributed by atoms with Gasteiger partial charge < -0.3 is 24.8 Å². The highest BCUT2D eigenvalue weighted by Crippen LogP contribution is 2.35. The zero-order valence-corrected chi connectivity index (χ0v) is 24.5. The van der Waals surface area contributed by atoms with Gasteiger partial charge in [-0.15, -0.1) is 0 Å². The molecule has 2 N–H and O–H groups in total. The van der Waals surface area contributed by atoms with Crippen LogP contribution >= 0.6 is 11.6 Å². The molecule has 218 valence electrons. The molecule has 0 saturated heterocycles. The molecular weight excluding hydrogens is 568 g/mol. The van der Waals surface area contributed by atoms with Gasteiger partial charge in [0.25, 0.3) is 11.8 Å². The van der Waals surface area contributed by atoms with Crippen LogP contribution in [0.1, 0.15) is 31.8 Å². The molecule has 0 fully saturated rings. The Kier molecular flexibility index (Phi) is 10.3. The molecule has 2 amide bonds. The molecule has 0 aromatic heterocycles. The van der Waals surface area contributed by atoms with Crippen molar-refractivity contribution in [3.05, 3.63) is 130 Å². The minimum absolute atomic E-state index is 0.0505. The molecule has 0 unspecified atom stereocenters. The van der Waals surface area contributed by atoms with Gasteiger partial charge in [0.05, 0.1) is 21.3 Å². The Bertz CT molecular complexity index is 1660. The molecule has 0 aliphatic heterocycles. The van der Waals surface area contributed by atoms with Crippen molar-refractivity contribution in [1.82, 2.24) is 5.32 Å². The molecule has 0 saturated carbocycles. The van der Waals surface area contributed by atoms with Crippen LogP contribution in [0.5, 0.6) is 17.2 Å². The third-order valence-corrected chi connectivity index (χ3v) is 6.54. The number of hydrogen-bond donors (Lipinski definition) is 2. The summed E-state index contributed by atoms with van der Waals surface area (Å²) in [6, 6.07) is 25.3. The number of carbonyl (C=O) groups excluding carboxylic acids is 3. The van der Waals surface area contributed by atoms with Gasteiger partial charge in [0.1, 0.15) is 11.4 Å². The monoisotopic (exact) mass is 596 g/mol. The standard InChI is InChI=1S/C34H29ClN2O6/c1-41-30-21-32(43-3)31(42-2)20-25(30)19-28(37-33(39)24-7-5-4-6-8-24)34(40)36-27-16-12-23(13-17-27)29(38)18-11-22-9-14-26(35)15-10-22/h4-21H,1-3H3,(H,36,40)(H,37,39)/b18-11+,28-19-. The fraction of sp³-hybridized carbons (Fsp3) is 0.0882. The van der Waals surface area contributed by atoms with E-state index in [1.807, 2.05) is 12.1 Å². The highest BCUT2D eigenvalue weighted by atomic mass is 35.5. The maximum atomic E-state index is 13.5. The second kappa shape index (κ2) is 14.5. The van der Waals surface area contributed by atoms with Gasteiger partial charge >= 0.3 is 0 Å². The highest BCUT2D eigenvalue weighted by molar-refractivity contribution is 6.30. The number of rotatable bonds is 11. The molecule has 0 bridgehead atoms. The van der Waals surface area contributed by atoms with E-state index in [0.29, 0.717) is 44.6 Å². The van der Waals surface area contributed by atoms with E-state index in [0.717, 1.165) is 5.56 Å². The zero-order valence-electron chi connectivity index (χ0n) is 23.7. The summed E-state index contributed by atoms with van der Waals surface area (Å²) in [5, 5.41) is 6.08. The van der Waals surface area contributed by atoms with Gasteiger partial charge in [-0.1, -0.05) is 48.0 Å². The molecule has 0 radical (unpaired) electrons. The van der Waals surface area contributed by atoms with E-state index in [4.69, 9.17) is 25.8 Å². The molecule has 43 heavy (non-hydrogen) atoms. The Morgan fingerprint density at radius 2 is 1.35 bits per heavy atom. The second-order valence-corrected chi connectivity index (χ2v) is 9.54. The number of benzene rings is 4. The summed E-state index contributed by atoms with van der Waals surface area (Å²) < 4.78 is 16.3. The molecule has 4 aromatic rings. The Morgan fingerprint density at radius 3 is 1.98 bits per heavy atom. The van der Waals surface area contributed by atoms with E-state index in [1.54, 1.807) is 84.9 Å². The lowest BCUT2D eigenvalue weighted by atomic mass is 10.1. The predicted octanol–water partition coefficient (Wildman–Crippen LogP) is 6.67. The summed E-state index contributed by atoms with van der Waals surface area (Å²) >= 11 is 5.91. The van der Waals surface area contributed by atoms with E-state index in [1.165, 1.54) is 33.5 Å². The van der Waals surface area contributed by atoms with Gasteiger partial charge in [0.2, 0.25) is 0 Å². The fourth-order valence-corrected chi connectivity index (χ4v) is 4.15. The number of ketones is 1. The summed E-state index contributed by atoms with van der Waals surface area (Å²) in [6.07, 6.45) is 4.65. The van der Waals surface area contributed by atoms with Gasteiger partial charge in [0.15, 0.2) is 17.3 Å². The second-order valence-electron chi connectivity index (χ2n) is 9.11. The highest BCUT2D eigenvalue weighted by Gasteiger charge is 2.18. The molecule has 4 rings (SSSR count). The zero-order chi connectivity index (χ0) is 30.8. The third-order valence-electron chi connectivity index (χ3n) is 6.29. The summed E-state index contributed by atoms with van der Waals surface area (Å²) in [7, 11) is 4.47. The number of ether oxygens (including phenoxy) is 3. The van der Waals surface area contributed by atoms with Crippen molar-refractivity contribution in [2.24, 2.45) is 0 Å². The maximum Gasteiger partial charge on any atom is 0.272 e. The molecule has 8 nitrogen and oxygen atoms in total. The van der Waals surface area contributed by atoms with Gasteiger partial charge in [-0.05, 0) is 72.3 Å². The fourth-order valence-electron chi connectivity index (χ4n) is 4.02. The largest absolute Gasteiger partial charge is 0.496 e. The topological polar surface area (TPSA) is 103 Å². The van der Waals surface area contributed by atoms with Gasteiger partial charge in [-0.3, -0.25) is 14.4 Å². The van der Waals surface area contributed by atoms with Crippen LogP contribution in [0.25, 0.3) is 12.2 Å². The van der Waals surface area contributed by atoms with Crippen LogP contribution in [0.15, 0.2) is 103 Å². The quantitative estimate of drug-likeness (QED) is 0.148. The molecule has 4 aromatic carbocycles. The summed E-state index contributed by atoms with van der Waals surface area (Å²) in [5.41, 5.74) is 2.48. The summed E-state index contributed by atoms with van der Waals surface area (Å²) in [5.74, 6) is -0.0317. The minimum Gasteiger partial charge on any atom is -0.496 e. The number of carbonyl (C=O) groups is 3. The first-order valence-electron chi connectivity index (χ1n) is 13.1. The molecule has 0 aliphatic carbocycles. The molecule has 0 spiro atoms. The normalized spacial score (nSPS) is 11.1. The predicted molar refractivity (Wildman–Crippen MR) is 168 cm³/mol. The number of nitrogens with one attached hydrogen (secondary N) is 2.